The molecule has 1 nitrogen and oxygen atoms in total. The lowest BCUT2D eigenvalue weighted by Gasteiger charge is -2.27. The van der Waals surface area contributed by atoms with Crippen LogP contribution in [0.15, 0.2) is 15.9 Å². The van der Waals surface area contributed by atoms with Crippen LogP contribution >= 0.6 is 27.3 Å². The molecule has 0 aliphatic heterocycles. The molecular formula is C15H26BrNS. The molecule has 1 aromatic heterocycles. The third kappa shape index (κ3) is 5.02. The molecule has 0 saturated heterocycles. The van der Waals surface area contributed by atoms with Gasteiger partial charge in [0.05, 0.1) is 0 Å². The molecule has 0 fully saturated rings. The van der Waals surface area contributed by atoms with E-state index in [-0.39, 0.29) is 0 Å². The molecule has 1 unspecified atom stereocenters. The van der Waals surface area contributed by atoms with Crippen molar-refractivity contribution in [1.82, 2.24) is 5.32 Å². The highest BCUT2D eigenvalue weighted by atomic mass is 79.9. The van der Waals surface area contributed by atoms with Gasteiger partial charge in [-0.1, -0.05) is 33.6 Å². The summed E-state index contributed by atoms with van der Waals surface area (Å²) in [5, 5.41) is 5.88. The smallest absolute Gasteiger partial charge is 0.0314 e. The molecule has 1 rings (SSSR count). The Hall–Kier alpha value is 0.140. The molecule has 104 valence electrons. The van der Waals surface area contributed by atoms with Crippen molar-refractivity contribution in [3.63, 3.8) is 0 Å². The lowest BCUT2D eigenvalue weighted by atomic mass is 9.88. The van der Waals surface area contributed by atoms with Gasteiger partial charge < -0.3 is 5.32 Å². The molecule has 1 heterocycles. The molecule has 3 heteroatoms. The molecule has 0 amide bonds. The zero-order valence-corrected chi connectivity index (χ0v) is 14.2. The Bertz CT molecular complexity index is 318. The highest BCUT2D eigenvalue weighted by Crippen LogP contribution is 2.28. The van der Waals surface area contributed by atoms with E-state index in [1.807, 2.05) is 11.3 Å². The predicted octanol–water partition coefficient (Wildman–Crippen LogP) is 5.25. The molecule has 1 atom stereocenters. The molecule has 0 aromatic carbocycles. The predicted molar refractivity (Wildman–Crippen MR) is 86.5 cm³/mol. The summed E-state index contributed by atoms with van der Waals surface area (Å²) in [4.78, 5) is 1.48. The van der Waals surface area contributed by atoms with E-state index < -0.39 is 0 Å². The van der Waals surface area contributed by atoms with Crippen molar-refractivity contribution in [1.29, 1.82) is 0 Å². The largest absolute Gasteiger partial charge is 0.314 e. The van der Waals surface area contributed by atoms with Crippen LogP contribution < -0.4 is 5.32 Å². The first-order valence-corrected chi connectivity index (χ1v) is 8.85. The SMILES string of the molecule is CCCC(CCC)C(Cc1sccc1Br)NCC. The van der Waals surface area contributed by atoms with Crippen LogP contribution in [0.1, 0.15) is 51.3 Å². The summed E-state index contributed by atoms with van der Waals surface area (Å²) in [5.74, 6) is 0.814. The van der Waals surface area contributed by atoms with E-state index in [2.05, 4.69) is 53.5 Å². The second-order valence-corrected chi connectivity index (χ2v) is 6.75. The van der Waals surface area contributed by atoms with Crippen molar-refractivity contribution in [2.24, 2.45) is 5.92 Å². The maximum atomic E-state index is 3.70. The minimum Gasteiger partial charge on any atom is -0.314 e. The van der Waals surface area contributed by atoms with E-state index in [4.69, 9.17) is 0 Å². The van der Waals surface area contributed by atoms with Gasteiger partial charge in [-0.3, -0.25) is 0 Å². The van der Waals surface area contributed by atoms with Gasteiger partial charge in [0, 0.05) is 15.4 Å². The van der Waals surface area contributed by atoms with E-state index >= 15 is 0 Å². The lowest BCUT2D eigenvalue weighted by Crippen LogP contribution is -2.38. The van der Waals surface area contributed by atoms with Gasteiger partial charge in [-0.25, -0.2) is 0 Å². The van der Waals surface area contributed by atoms with Gasteiger partial charge in [-0.15, -0.1) is 11.3 Å². The first kappa shape index (κ1) is 16.2. The fourth-order valence-corrected chi connectivity index (χ4v) is 4.20. The zero-order valence-electron chi connectivity index (χ0n) is 11.8. The third-order valence-electron chi connectivity index (χ3n) is 3.45. The van der Waals surface area contributed by atoms with Gasteiger partial charge in [0.2, 0.25) is 0 Å². The Kier molecular flexibility index (Phi) is 8.20. The Morgan fingerprint density at radius 2 is 1.89 bits per heavy atom. The van der Waals surface area contributed by atoms with Crippen molar-refractivity contribution in [3.8, 4) is 0 Å². The van der Waals surface area contributed by atoms with E-state index in [9.17, 15) is 0 Å². The van der Waals surface area contributed by atoms with Crippen molar-refractivity contribution in [2.45, 2.75) is 58.9 Å². The zero-order chi connectivity index (χ0) is 13.4. The lowest BCUT2D eigenvalue weighted by molar-refractivity contribution is 0.313. The van der Waals surface area contributed by atoms with Crippen molar-refractivity contribution >= 4 is 27.3 Å². The molecule has 18 heavy (non-hydrogen) atoms. The maximum Gasteiger partial charge on any atom is 0.0314 e. The van der Waals surface area contributed by atoms with Crippen molar-refractivity contribution in [3.05, 3.63) is 20.8 Å². The molecule has 0 aliphatic carbocycles. The van der Waals surface area contributed by atoms with Crippen LogP contribution in [-0.2, 0) is 6.42 Å². The molecule has 1 aromatic rings. The Balaban J connectivity index is 2.69. The summed E-state index contributed by atoms with van der Waals surface area (Å²) in [6, 6.07) is 2.79. The number of rotatable bonds is 9. The molecular weight excluding hydrogens is 306 g/mol. The first-order valence-electron chi connectivity index (χ1n) is 7.18. The van der Waals surface area contributed by atoms with E-state index in [0.717, 1.165) is 18.9 Å². The van der Waals surface area contributed by atoms with Crippen LogP contribution in [0, 0.1) is 5.92 Å². The average molecular weight is 332 g/mol. The van der Waals surface area contributed by atoms with Gasteiger partial charge in [-0.05, 0) is 59.1 Å². The summed E-state index contributed by atoms with van der Waals surface area (Å²) < 4.78 is 1.28. The second kappa shape index (κ2) is 9.11. The van der Waals surface area contributed by atoms with Gasteiger partial charge >= 0.3 is 0 Å². The Labute approximate surface area is 125 Å². The monoisotopic (exact) mass is 331 g/mol. The first-order chi connectivity index (χ1) is 8.72. The quantitative estimate of drug-likeness (QED) is 0.651. The number of nitrogens with one attached hydrogen (secondary N) is 1. The number of halogens is 1. The summed E-state index contributed by atoms with van der Waals surface area (Å²) in [7, 11) is 0. The van der Waals surface area contributed by atoms with Crippen molar-refractivity contribution < 1.29 is 0 Å². The second-order valence-electron chi connectivity index (χ2n) is 4.90. The number of likely N-dealkylation sites (N-methyl/N-ethyl adjacent to an activating group) is 1. The number of hydrogen-bond acceptors (Lipinski definition) is 2. The van der Waals surface area contributed by atoms with Gasteiger partial charge in [0.15, 0.2) is 0 Å². The topological polar surface area (TPSA) is 12.0 Å². The van der Waals surface area contributed by atoms with Gasteiger partial charge in [-0.2, -0.15) is 0 Å². The van der Waals surface area contributed by atoms with Crippen LogP contribution in [0.25, 0.3) is 0 Å². The van der Waals surface area contributed by atoms with E-state index in [1.165, 1.54) is 35.0 Å². The normalized spacial score (nSPS) is 13.2. The average Bonchev–Trinajstić information content (AvgIpc) is 2.74. The van der Waals surface area contributed by atoms with Gasteiger partial charge in [0.25, 0.3) is 0 Å². The van der Waals surface area contributed by atoms with Crippen LogP contribution in [0.5, 0.6) is 0 Å². The standard InChI is InChI=1S/C15H26BrNS/c1-4-7-12(8-5-2)14(17-6-3)11-15-13(16)9-10-18-15/h9-10,12,14,17H,4-8,11H2,1-3H3. The van der Waals surface area contributed by atoms with E-state index in [0.29, 0.717) is 6.04 Å². The Morgan fingerprint density at radius 3 is 2.33 bits per heavy atom. The number of hydrogen-bond donors (Lipinski definition) is 1. The highest BCUT2D eigenvalue weighted by Gasteiger charge is 2.21. The minimum absolute atomic E-state index is 0.629. The van der Waals surface area contributed by atoms with Crippen LogP contribution in [0.4, 0.5) is 0 Å². The summed E-state index contributed by atoms with van der Waals surface area (Å²) >= 11 is 5.53. The van der Waals surface area contributed by atoms with Crippen LogP contribution in [0.3, 0.4) is 0 Å². The van der Waals surface area contributed by atoms with Crippen LogP contribution in [0.2, 0.25) is 0 Å². The highest BCUT2D eigenvalue weighted by molar-refractivity contribution is 9.10. The number of thiophene rings is 1. The third-order valence-corrected chi connectivity index (χ3v) is 5.40. The van der Waals surface area contributed by atoms with Gasteiger partial charge in [0.1, 0.15) is 0 Å². The van der Waals surface area contributed by atoms with Crippen LogP contribution in [-0.4, -0.2) is 12.6 Å². The summed E-state index contributed by atoms with van der Waals surface area (Å²) in [5.41, 5.74) is 0. The molecule has 0 bridgehead atoms. The van der Waals surface area contributed by atoms with Crippen molar-refractivity contribution in [2.75, 3.05) is 6.54 Å². The molecule has 0 radical (unpaired) electrons. The molecule has 1 N–H and O–H groups in total. The minimum atomic E-state index is 0.629. The molecule has 0 aliphatic rings. The molecule has 0 saturated carbocycles. The fourth-order valence-electron chi connectivity index (χ4n) is 2.63. The summed E-state index contributed by atoms with van der Waals surface area (Å²) in [6.45, 7) is 7.88. The maximum absolute atomic E-state index is 3.70. The Morgan fingerprint density at radius 1 is 1.22 bits per heavy atom. The van der Waals surface area contributed by atoms with E-state index in [1.54, 1.807) is 0 Å². The fraction of sp³-hybridized carbons (Fsp3) is 0.733. The summed E-state index contributed by atoms with van der Waals surface area (Å²) in [6.07, 6.45) is 6.43. The molecule has 0 spiro atoms.